The van der Waals surface area contributed by atoms with Gasteiger partial charge in [-0.1, -0.05) is 48.5 Å². The first-order valence-electron chi connectivity index (χ1n) is 9.20. The number of hydrogen-bond acceptors (Lipinski definition) is 1. The van der Waals surface area contributed by atoms with Crippen LogP contribution in [0.15, 0.2) is 0 Å². The van der Waals surface area contributed by atoms with Crippen molar-refractivity contribution < 1.29 is 0 Å². The summed E-state index contributed by atoms with van der Waals surface area (Å²) in [6.45, 7) is 17.5. The molecule has 3 aliphatic rings. The number of hydrogen-bond donors (Lipinski definition) is 1. The highest BCUT2D eigenvalue weighted by Gasteiger charge is 2.59. The van der Waals surface area contributed by atoms with Crippen LogP contribution < -0.4 is 5.32 Å². The summed E-state index contributed by atoms with van der Waals surface area (Å²) in [5, 5.41) is 4.19. The molecule has 3 saturated carbocycles. The molecule has 3 fully saturated rings. The van der Waals surface area contributed by atoms with Crippen LogP contribution >= 0.6 is 0 Å². The lowest BCUT2D eigenvalue weighted by Crippen LogP contribution is -2.56. The van der Waals surface area contributed by atoms with Crippen LogP contribution in [0.25, 0.3) is 0 Å². The molecule has 3 atom stereocenters. The predicted molar refractivity (Wildman–Crippen MR) is 91.4 cm³/mol. The Morgan fingerprint density at radius 3 is 1.86 bits per heavy atom. The fourth-order valence-electron chi connectivity index (χ4n) is 6.92. The molecule has 0 amide bonds. The van der Waals surface area contributed by atoms with Gasteiger partial charge < -0.3 is 5.32 Å². The molecule has 0 spiro atoms. The SMILES string of the molecule is CC1(C)CC(NC2C(C)(C)[C@H]3CC[C@]2(C)C3)CC(C)(C)C1. The maximum atomic E-state index is 4.19. The van der Waals surface area contributed by atoms with E-state index in [1.54, 1.807) is 0 Å². The van der Waals surface area contributed by atoms with E-state index in [4.69, 9.17) is 0 Å². The summed E-state index contributed by atoms with van der Waals surface area (Å²) in [6, 6.07) is 1.43. The highest BCUT2D eigenvalue weighted by Crippen LogP contribution is 2.62. The third-order valence-corrected chi connectivity index (χ3v) is 7.23. The van der Waals surface area contributed by atoms with Gasteiger partial charge in [0.2, 0.25) is 0 Å². The van der Waals surface area contributed by atoms with E-state index >= 15 is 0 Å². The van der Waals surface area contributed by atoms with Gasteiger partial charge in [0.25, 0.3) is 0 Å². The van der Waals surface area contributed by atoms with Crippen LogP contribution in [0.2, 0.25) is 0 Å². The predicted octanol–water partition coefficient (Wildman–Crippen LogP) is 5.40. The largest absolute Gasteiger partial charge is 0.310 e. The molecule has 2 bridgehead atoms. The lowest BCUT2D eigenvalue weighted by molar-refractivity contribution is 0.0418. The normalized spacial score (nSPS) is 44.1. The number of fused-ring (bicyclic) bond motifs is 2. The van der Waals surface area contributed by atoms with E-state index in [1.165, 1.54) is 38.5 Å². The second kappa shape index (κ2) is 4.49. The zero-order chi connectivity index (χ0) is 15.7. The van der Waals surface area contributed by atoms with Crippen molar-refractivity contribution in [3.8, 4) is 0 Å². The van der Waals surface area contributed by atoms with Crippen LogP contribution in [0.1, 0.15) is 87.0 Å². The highest BCUT2D eigenvalue weighted by atomic mass is 15.0. The summed E-state index contributed by atoms with van der Waals surface area (Å²) in [4.78, 5) is 0. The van der Waals surface area contributed by atoms with E-state index in [0.717, 1.165) is 12.0 Å². The van der Waals surface area contributed by atoms with Crippen LogP contribution in [-0.2, 0) is 0 Å². The Morgan fingerprint density at radius 1 is 0.810 bits per heavy atom. The van der Waals surface area contributed by atoms with Gasteiger partial charge in [0.1, 0.15) is 0 Å². The molecule has 0 aromatic rings. The van der Waals surface area contributed by atoms with Gasteiger partial charge in [-0.3, -0.25) is 0 Å². The van der Waals surface area contributed by atoms with Crippen LogP contribution in [-0.4, -0.2) is 12.1 Å². The molecule has 3 rings (SSSR count). The smallest absolute Gasteiger partial charge is 0.0177 e. The lowest BCUT2D eigenvalue weighted by atomic mass is 9.62. The van der Waals surface area contributed by atoms with Gasteiger partial charge in [0, 0.05) is 12.1 Å². The van der Waals surface area contributed by atoms with E-state index < -0.39 is 0 Å². The van der Waals surface area contributed by atoms with Crippen molar-refractivity contribution in [1.82, 2.24) is 5.32 Å². The molecule has 21 heavy (non-hydrogen) atoms. The van der Waals surface area contributed by atoms with Crippen LogP contribution in [0, 0.1) is 27.6 Å². The van der Waals surface area contributed by atoms with Crippen molar-refractivity contribution in [3.63, 3.8) is 0 Å². The zero-order valence-corrected chi connectivity index (χ0v) is 15.5. The van der Waals surface area contributed by atoms with Gasteiger partial charge in [0.05, 0.1) is 0 Å². The molecule has 0 aromatic heterocycles. The fourth-order valence-corrected chi connectivity index (χ4v) is 6.92. The molecule has 122 valence electrons. The van der Waals surface area contributed by atoms with Gasteiger partial charge in [-0.25, -0.2) is 0 Å². The van der Waals surface area contributed by atoms with E-state index in [2.05, 4.69) is 53.8 Å². The molecule has 1 heteroatoms. The first kappa shape index (κ1) is 15.8. The second-order valence-corrected chi connectivity index (χ2v) is 11.1. The van der Waals surface area contributed by atoms with Crippen molar-refractivity contribution in [3.05, 3.63) is 0 Å². The van der Waals surface area contributed by atoms with Crippen LogP contribution in [0.4, 0.5) is 0 Å². The Labute approximate surface area is 132 Å². The van der Waals surface area contributed by atoms with Crippen LogP contribution in [0.5, 0.6) is 0 Å². The Morgan fingerprint density at radius 2 is 1.38 bits per heavy atom. The van der Waals surface area contributed by atoms with E-state index in [9.17, 15) is 0 Å². The molecule has 1 N–H and O–H groups in total. The average molecular weight is 292 g/mol. The van der Waals surface area contributed by atoms with Gasteiger partial charge in [-0.15, -0.1) is 0 Å². The average Bonchev–Trinajstić information content (AvgIpc) is 2.71. The topological polar surface area (TPSA) is 12.0 Å². The Bertz CT molecular complexity index is 399. The van der Waals surface area contributed by atoms with Gasteiger partial charge >= 0.3 is 0 Å². The maximum absolute atomic E-state index is 4.19. The molecule has 0 saturated heterocycles. The Hall–Kier alpha value is -0.0400. The molecular formula is C20H37N. The van der Waals surface area contributed by atoms with Crippen molar-refractivity contribution in [2.24, 2.45) is 27.6 Å². The summed E-state index contributed by atoms with van der Waals surface area (Å²) >= 11 is 0. The second-order valence-electron chi connectivity index (χ2n) is 11.1. The molecular weight excluding hydrogens is 254 g/mol. The Kier molecular flexibility index (Phi) is 3.39. The summed E-state index contributed by atoms with van der Waals surface area (Å²) in [5.41, 5.74) is 2.02. The molecule has 0 aliphatic heterocycles. The van der Waals surface area contributed by atoms with Crippen LogP contribution in [0.3, 0.4) is 0 Å². The Balaban J connectivity index is 1.77. The van der Waals surface area contributed by atoms with Gasteiger partial charge in [-0.05, 0) is 66.1 Å². The molecule has 1 unspecified atom stereocenters. The van der Waals surface area contributed by atoms with E-state index in [1.807, 2.05) is 0 Å². The summed E-state index contributed by atoms with van der Waals surface area (Å²) in [6.07, 6.45) is 8.43. The summed E-state index contributed by atoms with van der Waals surface area (Å²) in [5.74, 6) is 0.949. The van der Waals surface area contributed by atoms with Crippen molar-refractivity contribution >= 4 is 0 Å². The lowest BCUT2D eigenvalue weighted by Gasteiger charge is -2.50. The minimum atomic E-state index is 0.485. The van der Waals surface area contributed by atoms with Crippen molar-refractivity contribution in [2.45, 2.75) is 99.1 Å². The monoisotopic (exact) mass is 291 g/mol. The fraction of sp³-hybridized carbons (Fsp3) is 1.00. The summed E-state index contributed by atoms with van der Waals surface area (Å²) < 4.78 is 0. The quantitative estimate of drug-likeness (QED) is 0.718. The maximum Gasteiger partial charge on any atom is 0.0177 e. The summed E-state index contributed by atoms with van der Waals surface area (Å²) in [7, 11) is 0. The molecule has 0 heterocycles. The third-order valence-electron chi connectivity index (χ3n) is 7.23. The van der Waals surface area contributed by atoms with Gasteiger partial charge in [-0.2, -0.15) is 0 Å². The molecule has 1 nitrogen and oxygen atoms in total. The number of nitrogens with one attached hydrogen (secondary N) is 1. The van der Waals surface area contributed by atoms with Crippen molar-refractivity contribution in [1.29, 1.82) is 0 Å². The molecule has 0 aromatic carbocycles. The van der Waals surface area contributed by atoms with E-state index in [0.29, 0.717) is 27.7 Å². The zero-order valence-electron chi connectivity index (χ0n) is 15.5. The first-order chi connectivity index (χ1) is 9.44. The molecule has 3 aliphatic carbocycles. The van der Waals surface area contributed by atoms with Gasteiger partial charge in [0.15, 0.2) is 0 Å². The van der Waals surface area contributed by atoms with Crippen molar-refractivity contribution in [2.75, 3.05) is 0 Å². The molecule has 0 radical (unpaired) electrons. The minimum absolute atomic E-state index is 0.485. The standard InChI is InChI=1S/C20H37N/c1-17(2)11-15(12-18(3,4)13-17)21-16-19(5,6)14-8-9-20(16,7)10-14/h14-16,21H,8-13H2,1-7H3/t14-,16?,20+/m0/s1. The third kappa shape index (κ3) is 2.69. The minimum Gasteiger partial charge on any atom is -0.310 e. The first-order valence-corrected chi connectivity index (χ1v) is 9.20. The number of rotatable bonds is 2. The highest BCUT2D eigenvalue weighted by molar-refractivity contribution is 5.13. The van der Waals surface area contributed by atoms with E-state index in [-0.39, 0.29) is 0 Å².